The number of benzene rings is 4. The Balaban J connectivity index is 0.00000580. The molecule has 0 radical (unpaired) electrons. The number of hydrogen-bond acceptors (Lipinski definition) is 16. The Morgan fingerprint density at radius 1 is 0.600 bits per heavy atom. The summed E-state index contributed by atoms with van der Waals surface area (Å²) >= 11 is 0. The normalized spacial score (nSPS) is 15.3. The van der Waals surface area contributed by atoms with Crippen molar-refractivity contribution in [2.45, 2.75) is 0 Å². The topological polar surface area (TPSA) is 324 Å². The van der Waals surface area contributed by atoms with E-state index >= 15 is 0 Å². The maximum atomic E-state index is 13.2. The first kappa shape index (κ1) is 39.7. The van der Waals surface area contributed by atoms with E-state index in [4.69, 9.17) is 11.5 Å². The molecule has 0 unspecified atom stereocenters. The smallest absolute Gasteiger partial charge is 0.545 e. The SMILES string of the molecule is Nc1ccc2c(c1)C=C(S(=O)(=O)O)/C(=N\Nc1ccc(-c3ccc(N/N=C4/C(=O)c5ccc(N)cc5C=C4S(=O)(=O)O)c(C(=O)[O-])c3)cc1C(=O)[O-])C2=O.[Cr+2]. The van der Waals surface area contributed by atoms with Gasteiger partial charge in [0, 0.05) is 33.6 Å². The average molecular weight is 823 g/mol. The molecule has 0 amide bonds. The molecule has 0 spiro atoms. The van der Waals surface area contributed by atoms with E-state index < -0.39 is 76.1 Å². The minimum atomic E-state index is -5.02. The van der Waals surface area contributed by atoms with Crippen LogP contribution in [-0.2, 0) is 37.6 Å². The minimum absolute atomic E-state index is 0. The molecule has 8 N–H and O–H groups in total. The third-order valence-corrected chi connectivity index (χ3v) is 9.79. The fourth-order valence-corrected chi connectivity index (χ4v) is 6.85. The molecule has 2 aliphatic rings. The van der Waals surface area contributed by atoms with E-state index in [-0.39, 0.29) is 73.5 Å². The van der Waals surface area contributed by atoms with Crippen LogP contribution in [0, 0.1) is 0 Å². The fourth-order valence-electron chi connectivity index (χ4n) is 5.53. The van der Waals surface area contributed by atoms with Gasteiger partial charge in [-0.15, -0.1) is 0 Å². The van der Waals surface area contributed by atoms with Gasteiger partial charge in [-0.3, -0.25) is 29.5 Å². The predicted molar refractivity (Wildman–Crippen MR) is 192 cm³/mol. The van der Waals surface area contributed by atoms with Gasteiger partial charge in [0.15, 0.2) is 11.4 Å². The number of nitrogens with one attached hydrogen (secondary N) is 2. The van der Waals surface area contributed by atoms with E-state index in [2.05, 4.69) is 21.1 Å². The molecule has 0 fully saturated rings. The number of Topliss-reactive ketones (excluding diaryl/α,β-unsaturated/α-hetero) is 2. The van der Waals surface area contributed by atoms with Gasteiger partial charge in [0.25, 0.3) is 20.2 Å². The standard InChI is InChI=1S/C34H24N6O12S2.Cr/c35-19-3-5-21-17(9-19)13-27(53(47,48)49)29(31(21)41)39-37-25-7-1-15(11-23(25)33(43)44)16-2-8-26(24(12-16)34(45)46)38-40-30-28(54(50,51)52)14-18-10-20(36)4-6-22(18)32(30)42;/h1-14,37-38H,35-36H2,(H,43,44)(H,45,46)(H,47,48,49)(H,50,51,52);/q;+2/p-2/b39-29+,40-30+;. The molecular formula is C34H22CrN6O12S2. The first-order valence-electron chi connectivity index (χ1n) is 15.0. The molecule has 0 saturated carbocycles. The van der Waals surface area contributed by atoms with Gasteiger partial charge in [-0.1, -0.05) is 12.1 Å². The van der Waals surface area contributed by atoms with E-state index in [1.165, 1.54) is 48.5 Å². The largest absolute Gasteiger partial charge is 2.00 e. The zero-order chi connectivity index (χ0) is 39.3. The molecule has 0 saturated heterocycles. The number of nitrogen functional groups attached to an aromatic ring is 2. The van der Waals surface area contributed by atoms with Gasteiger partial charge in [-0.2, -0.15) is 27.0 Å². The molecule has 18 nitrogen and oxygen atoms in total. The van der Waals surface area contributed by atoms with Crippen molar-refractivity contribution >= 4 is 90.1 Å². The van der Waals surface area contributed by atoms with Gasteiger partial charge in [0.05, 0.1) is 23.3 Å². The number of carboxylic acids is 2. The number of nitrogens with two attached hydrogens (primary N) is 2. The summed E-state index contributed by atoms with van der Waals surface area (Å²) in [5, 5.41) is 31.9. The van der Waals surface area contributed by atoms with E-state index in [9.17, 15) is 55.3 Å². The summed E-state index contributed by atoms with van der Waals surface area (Å²) < 4.78 is 68.2. The van der Waals surface area contributed by atoms with Gasteiger partial charge < -0.3 is 31.3 Å². The molecule has 4 aromatic rings. The molecule has 0 aliphatic heterocycles. The van der Waals surface area contributed by atoms with Gasteiger partial charge in [-0.25, -0.2) is 0 Å². The average Bonchev–Trinajstić information content (AvgIpc) is 3.09. The molecule has 0 aromatic heterocycles. The zero-order valence-corrected chi connectivity index (χ0v) is 30.2. The Kier molecular flexibility index (Phi) is 10.7. The van der Waals surface area contributed by atoms with Crippen LogP contribution in [0.5, 0.6) is 0 Å². The first-order chi connectivity index (χ1) is 25.3. The first-order valence-corrected chi connectivity index (χ1v) is 17.9. The molecule has 0 bridgehead atoms. The number of nitrogens with zero attached hydrogens (tertiary/aromatic N) is 2. The summed E-state index contributed by atoms with van der Waals surface area (Å²) in [5.74, 6) is -5.39. The Hall–Kier alpha value is -6.47. The number of aromatic carboxylic acids is 2. The van der Waals surface area contributed by atoms with E-state index in [1.807, 2.05) is 0 Å². The quantitative estimate of drug-likeness (QED) is 0.0780. The number of hydrogen-bond donors (Lipinski definition) is 6. The maximum Gasteiger partial charge on any atom is 2.00 e. The summed E-state index contributed by atoms with van der Waals surface area (Å²) in [6, 6.07) is 15.0. The van der Waals surface area contributed by atoms with Crippen molar-refractivity contribution in [2.75, 3.05) is 22.3 Å². The van der Waals surface area contributed by atoms with Gasteiger partial charge in [0.1, 0.15) is 9.81 Å². The zero-order valence-electron chi connectivity index (χ0n) is 27.3. The number of rotatable bonds is 9. The second-order valence-corrected chi connectivity index (χ2v) is 14.3. The van der Waals surface area contributed by atoms with Crippen molar-refractivity contribution in [3.8, 4) is 11.1 Å². The Morgan fingerprint density at radius 3 is 1.29 bits per heavy atom. The fraction of sp³-hybridized carbons (Fsp3) is 0. The van der Waals surface area contributed by atoms with Crippen LogP contribution in [0.4, 0.5) is 22.7 Å². The maximum absolute atomic E-state index is 13.2. The third-order valence-electron chi connectivity index (χ3n) is 8.06. The molecule has 4 aromatic carbocycles. The van der Waals surface area contributed by atoms with Crippen molar-refractivity contribution in [3.63, 3.8) is 0 Å². The number of ketones is 2. The van der Waals surface area contributed by atoms with Crippen LogP contribution in [0.3, 0.4) is 0 Å². The van der Waals surface area contributed by atoms with Crippen molar-refractivity contribution in [1.29, 1.82) is 0 Å². The van der Waals surface area contributed by atoms with Crippen LogP contribution in [0.1, 0.15) is 52.6 Å². The summed E-state index contributed by atoms with van der Waals surface area (Å²) in [7, 11) is -10.0. The summed E-state index contributed by atoms with van der Waals surface area (Å²) in [4.78, 5) is 48.9. The summed E-state index contributed by atoms with van der Waals surface area (Å²) in [6.45, 7) is 0. The molecule has 2 aliphatic carbocycles. The number of carboxylic acid groups (broad SMARTS) is 2. The van der Waals surface area contributed by atoms with E-state index in [1.54, 1.807) is 0 Å². The van der Waals surface area contributed by atoms with E-state index in [0.29, 0.717) is 0 Å². The van der Waals surface area contributed by atoms with Crippen LogP contribution in [0.25, 0.3) is 23.3 Å². The Bertz CT molecular complexity index is 2560. The van der Waals surface area contributed by atoms with Crippen LogP contribution in [0.2, 0.25) is 0 Å². The Morgan fingerprint density at radius 2 is 0.964 bits per heavy atom. The molecule has 0 atom stereocenters. The summed E-state index contributed by atoms with van der Waals surface area (Å²) in [5.41, 5.74) is 13.6. The van der Waals surface area contributed by atoms with Crippen molar-refractivity contribution in [2.24, 2.45) is 10.2 Å². The molecule has 278 valence electrons. The van der Waals surface area contributed by atoms with Crippen LogP contribution < -0.4 is 32.5 Å². The van der Waals surface area contributed by atoms with E-state index in [0.717, 1.165) is 36.4 Å². The number of carbonyl (C=O) groups is 4. The summed E-state index contributed by atoms with van der Waals surface area (Å²) in [6.07, 6.45) is 1.94. The van der Waals surface area contributed by atoms with Crippen molar-refractivity contribution in [1.82, 2.24) is 0 Å². The predicted octanol–water partition coefficient (Wildman–Crippen LogP) is 1.03. The number of fused-ring (bicyclic) bond motifs is 2. The third kappa shape index (κ3) is 7.92. The second kappa shape index (κ2) is 14.7. The van der Waals surface area contributed by atoms with Crippen LogP contribution in [-0.4, -0.2) is 60.9 Å². The van der Waals surface area contributed by atoms with Gasteiger partial charge in [0.2, 0.25) is 11.6 Å². The van der Waals surface area contributed by atoms with Crippen LogP contribution >= 0.6 is 0 Å². The number of allylic oxidation sites excluding steroid dienone is 2. The molecule has 0 heterocycles. The number of anilines is 4. The Labute approximate surface area is 321 Å². The second-order valence-electron chi connectivity index (χ2n) is 11.6. The minimum Gasteiger partial charge on any atom is -0.545 e. The van der Waals surface area contributed by atoms with Gasteiger partial charge in [-0.05, 0) is 95.1 Å². The van der Waals surface area contributed by atoms with Gasteiger partial charge >= 0.3 is 17.4 Å². The van der Waals surface area contributed by atoms with Crippen molar-refractivity contribution in [3.05, 3.63) is 116 Å². The number of carbonyl (C=O) groups excluding carboxylic acids is 4. The molecule has 21 heteroatoms. The van der Waals surface area contributed by atoms with Crippen LogP contribution in [0.15, 0.2) is 92.8 Å². The van der Waals surface area contributed by atoms with Crippen molar-refractivity contribution < 1.29 is 72.7 Å². The number of hydrazone groups is 2. The molecule has 55 heavy (non-hydrogen) atoms. The monoisotopic (exact) mass is 822 g/mol. The molecule has 6 rings (SSSR count). The molecular weight excluding hydrogens is 801 g/mol.